The van der Waals surface area contributed by atoms with Crippen molar-refractivity contribution in [2.24, 2.45) is 5.41 Å². The molecule has 2 rings (SSSR count). The van der Waals surface area contributed by atoms with E-state index in [-0.39, 0.29) is 0 Å². The van der Waals surface area contributed by atoms with Crippen molar-refractivity contribution in [1.29, 1.82) is 0 Å². The predicted octanol–water partition coefficient (Wildman–Crippen LogP) is 3.04. The third-order valence-electron chi connectivity index (χ3n) is 3.83. The van der Waals surface area contributed by atoms with Crippen LogP contribution in [-0.2, 0) is 0 Å². The summed E-state index contributed by atoms with van der Waals surface area (Å²) in [6.45, 7) is 0.293. The monoisotopic (exact) mass is 180 g/mol. The van der Waals surface area contributed by atoms with Crippen molar-refractivity contribution < 1.29 is 5.11 Å². The van der Waals surface area contributed by atoms with Gasteiger partial charge in [0.1, 0.15) is 0 Å². The number of aliphatic hydroxyl groups excluding tert-OH is 1. The first-order valence-electron chi connectivity index (χ1n) is 5.63. The molecule has 2 aliphatic carbocycles. The van der Waals surface area contributed by atoms with Crippen LogP contribution < -0.4 is 0 Å². The highest BCUT2D eigenvalue weighted by molar-refractivity contribution is 5.11. The lowest BCUT2D eigenvalue weighted by Gasteiger charge is -2.40. The van der Waals surface area contributed by atoms with Crippen LogP contribution >= 0.6 is 0 Å². The molecule has 1 nitrogen and oxygen atoms in total. The summed E-state index contributed by atoms with van der Waals surface area (Å²) in [4.78, 5) is 0. The molecule has 1 N–H and O–H groups in total. The molecule has 74 valence electrons. The molecule has 0 aromatic carbocycles. The number of rotatable bonds is 1. The molecule has 0 unspecified atom stereocenters. The van der Waals surface area contributed by atoms with E-state index in [1.54, 1.807) is 0 Å². The first kappa shape index (κ1) is 9.26. The number of allylic oxidation sites excluding steroid dienone is 1. The van der Waals surface area contributed by atoms with Gasteiger partial charge < -0.3 is 5.11 Å². The quantitative estimate of drug-likeness (QED) is 0.615. The summed E-state index contributed by atoms with van der Waals surface area (Å²) < 4.78 is 0. The fourth-order valence-corrected chi connectivity index (χ4v) is 3.07. The van der Waals surface area contributed by atoms with Crippen molar-refractivity contribution in [3.05, 3.63) is 11.6 Å². The van der Waals surface area contributed by atoms with Crippen LogP contribution in [0, 0.1) is 5.41 Å². The van der Waals surface area contributed by atoms with Gasteiger partial charge in [-0.15, -0.1) is 0 Å². The molecule has 0 aromatic rings. The van der Waals surface area contributed by atoms with E-state index in [0.29, 0.717) is 12.0 Å². The molecule has 0 atom stereocenters. The molecule has 1 fully saturated rings. The zero-order valence-electron chi connectivity index (χ0n) is 8.39. The highest BCUT2D eigenvalue weighted by Gasteiger charge is 2.33. The maximum Gasteiger partial charge on any atom is 0.0641 e. The van der Waals surface area contributed by atoms with E-state index < -0.39 is 0 Å². The summed E-state index contributed by atoms with van der Waals surface area (Å²) in [6.07, 6.45) is 13.1. The zero-order chi connectivity index (χ0) is 9.15. The maximum absolute atomic E-state index is 9.14. The average molecular weight is 180 g/mol. The van der Waals surface area contributed by atoms with Gasteiger partial charge in [-0.1, -0.05) is 25.3 Å². The standard InChI is InChI=1S/C12H20O/c13-10-11-5-4-8-12(9-11)6-2-1-3-7-12/h5,13H,1-4,6-10H2. The van der Waals surface area contributed by atoms with Gasteiger partial charge >= 0.3 is 0 Å². The predicted molar refractivity (Wildman–Crippen MR) is 54.5 cm³/mol. The molecule has 1 heteroatoms. The Morgan fingerprint density at radius 2 is 1.92 bits per heavy atom. The SMILES string of the molecule is OCC1=CCCC2(CCCCC2)C1. The maximum atomic E-state index is 9.14. The van der Waals surface area contributed by atoms with Crippen LogP contribution in [0.5, 0.6) is 0 Å². The van der Waals surface area contributed by atoms with Gasteiger partial charge in [0.15, 0.2) is 0 Å². The fraction of sp³-hybridized carbons (Fsp3) is 0.833. The minimum absolute atomic E-state index is 0.293. The fourth-order valence-electron chi connectivity index (χ4n) is 3.07. The highest BCUT2D eigenvalue weighted by atomic mass is 16.3. The van der Waals surface area contributed by atoms with E-state index in [2.05, 4.69) is 6.08 Å². The van der Waals surface area contributed by atoms with E-state index in [1.165, 1.54) is 56.9 Å². The Morgan fingerprint density at radius 3 is 2.62 bits per heavy atom. The largest absolute Gasteiger partial charge is 0.392 e. The van der Waals surface area contributed by atoms with Gasteiger partial charge in [-0.25, -0.2) is 0 Å². The van der Waals surface area contributed by atoms with Crippen LogP contribution in [0.25, 0.3) is 0 Å². The van der Waals surface area contributed by atoms with Gasteiger partial charge in [0.2, 0.25) is 0 Å². The molecular weight excluding hydrogens is 160 g/mol. The number of aliphatic hydroxyl groups is 1. The first-order valence-corrected chi connectivity index (χ1v) is 5.63. The molecule has 13 heavy (non-hydrogen) atoms. The molecule has 0 saturated heterocycles. The molecule has 1 saturated carbocycles. The lowest BCUT2D eigenvalue weighted by atomic mass is 9.65. The van der Waals surface area contributed by atoms with Crippen LogP contribution in [0.1, 0.15) is 51.4 Å². The Labute approximate surface area is 80.8 Å². The highest BCUT2D eigenvalue weighted by Crippen LogP contribution is 2.47. The van der Waals surface area contributed by atoms with Crippen molar-refractivity contribution in [2.45, 2.75) is 51.4 Å². The smallest absolute Gasteiger partial charge is 0.0641 e. The van der Waals surface area contributed by atoms with E-state index >= 15 is 0 Å². The molecule has 0 radical (unpaired) electrons. The van der Waals surface area contributed by atoms with Crippen LogP contribution in [0.3, 0.4) is 0 Å². The van der Waals surface area contributed by atoms with Crippen LogP contribution in [0.15, 0.2) is 11.6 Å². The molecule has 0 aromatic heterocycles. The normalized spacial score (nSPS) is 27.3. The molecule has 1 spiro atoms. The second-order valence-corrected chi connectivity index (χ2v) is 4.80. The van der Waals surface area contributed by atoms with Gasteiger partial charge in [-0.2, -0.15) is 0 Å². The number of hydrogen-bond donors (Lipinski definition) is 1. The summed E-state index contributed by atoms with van der Waals surface area (Å²) in [7, 11) is 0. The zero-order valence-corrected chi connectivity index (χ0v) is 8.39. The van der Waals surface area contributed by atoms with E-state index in [0.717, 1.165) is 0 Å². The summed E-state index contributed by atoms with van der Waals surface area (Å²) in [5, 5.41) is 9.14. The Kier molecular flexibility index (Phi) is 2.73. The summed E-state index contributed by atoms with van der Waals surface area (Å²) in [5.74, 6) is 0. The number of hydrogen-bond acceptors (Lipinski definition) is 1. The Bertz CT molecular complexity index is 199. The van der Waals surface area contributed by atoms with E-state index in [1.807, 2.05) is 0 Å². The van der Waals surface area contributed by atoms with Crippen molar-refractivity contribution in [3.63, 3.8) is 0 Å². The molecule has 2 aliphatic rings. The third-order valence-corrected chi connectivity index (χ3v) is 3.83. The van der Waals surface area contributed by atoms with Crippen molar-refractivity contribution in [3.8, 4) is 0 Å². The molecule has 0 amide bonds. The van der Waals surface area contributed by atoms with E-state index in [9.17, 15) is 0 Å². The van der Waals surface area contributed by atoms with Crippen molar-refractivity contribution >= 4 is 0 Å². The Balaban J connectivity index is 2.03. The third kappa shape index (κ3) is 1.96. The second-order valence-electron chi connectivity index (χ2n) is 4.80. The van der Waals surface area contributed by atoms with Crippen LogP contribution in [0.4, 0.5) is 0 Å². The average Bonchev–Trinajstić information content (AvgIpc) is 2.19. The minimum Gasteiger partial charge on any atom is -0.392 e. The summed E-state index contributed by atoms with van der Waals surface area (Å²) in [6, 6.07) is 0. The molecular formula is C12H20O. The Hall–Kier alpha value is -0.300. The minimum atomic E-state index is 0.293. The topological polar surface area (TPSA) is 20.2 Å². The van der Waals surface area contributed by atoms with Gasteiger partial charge in [-0.05, 0) is 43.1 Å². The van der Waals surface area contributed by atoms with Gasteiger partial charge in [0, 0.05) is 0 Å². The van der Waals surface area contributed by atoms with Crippen molar-refractivity contribution in [2.75, 3.05) is 6.61 Å². The second kappa shape index (κ2) is 3.83. The Morgan fingerprint density at radius 1 is 1.15 bits per heavy atom. The lowest BCUT2D eigenvalue weighted by Crippen LogP contribution is -2.27. The molecule has 0 bridgehead atoms. The summed E-state index contributed by atoms with van der Waals surface area (Å²) >= 11 is 0. The molecule has 0 aliphatic heterocycles. The first-order chi connectivity index (χ1) is 6.35. The van der Waals surface area contributed by atoms with Crippen LogP contribution in [0.2, 0.25) is 0 Å². The van der Waals surface area contributed by atoms with Gasteiger partial charge in [0.05, 0.1) is 6.61 Å². The summed E-state index contributed by atoms with van der Waals surface area (Å²) in [5.41, 5.74) is 1.90. The molecule has 0 heterocycles. The van der Waals surface area contributed by atoms with Gasteiger partial charge in [-0.3, -0.25) is 0 Å². The van der Waals surface area contributed by atoms with E-state index in [4.69, 9.17) is 5.11 Å². The van der Waals surface area contributed by atoms with Crippen molar-refractivity contribution in [1.82, 2.24) is 0 Å². The van der Waals surface area contributed by atoms with Gasteiger partial charge in [0.25, 0.3) is 0 Å². The van der Waals surface area contributed by atoms with Crippen LogP contribution in [-0.4, -0.2) is 11.7 Å². The lowest BCUT2D eigenvalue weighted by molar-refractivity contribution is 0.156.